The fraction of sp³-hybridized carbons (Fsp3) is 0.370. The van der Waals surface area contributed by atoms with Gasteiger partial charge in [0.1, 0.15) is 18.0 Å². The number of imide groups is 1. The molecule has 1 saturated heterocycles. The van der Waals surface area contributed by atoms with Crippen LogP contribution >= 0.6 is 0 Å². The van der Waals surface area contributed by atoms with Crippen molar-refractivity contribution in [3.63, 3.8) is 0 Å². The van der Waals surface area contributed by atoms with Crippen molar-refractivity contribution >= 4 is 34.8 Å². The number of rotatable bonds is 5. The van der Waals surface area contributed by atoms with E-state index in [9.17, 15) is 32.3 Å². The largest absolute Gasteiger partial charge is 0.449 e. The smallest absolute Gasteiger partial charge is 0.446 e. The zero-order valence-corrected chi connectivity index (χ0v) is 21.3. The van der Waals surface area contributed by atoms with Crippen LogP contribution < -0.4 is 10.6 Å². The van der Waals surface area contributed by atoms with Gasteiger partial charge in [-0.25, -0.2) is 14.2 Å². The fourth-order valence-corrected chi connectivity index (χ4v) is 5.61. The fourth-order valence-electron chi connectivity index (χ4n) is 5.61. The minimum atomic E-state index is -4.65. The van der Waals surface area contributed by atoms with Crippen molar-refractivity contribution in [2.24, 2.45) is 0 Å². The van der Waals surface area contributed by atoms with Gasteiger partial charge in [-0.1, -0.05) is 24.3 Å². The predicted molar refractivity (Wildman–Crippen MR) is 133 cm³/mol. The van der Waals surface area contributed by atoms with Crippen LogP contribution in [-0.4, -0.2) is 50.4 Å². The van der Waals surface area contributed by atoms with Gasteiger partial charge in [0, 0.05) is 44.0 Å². The summed E-state index contributed by atoms with van der Waals surface area (Å²) in [4.78, 5) is 53.9. The minimum Gasteiger partial charge on any atom is -0.446 e. The maximum atomic E-state index is 15.3. The van der Waals surface area contributed by atoms with Crippen LogP contribution in [0.1, 0.15) is 59.0 Å². The second-order valence-corrected chi connectivity index (χ2v) is 10.3. The SMILES string of the molecule is O=C1CC[C@H](N2Cc3ccc(CNC(=O)OC4CC(n5c(C(F)(F)F)nc6ccccc65)C4)c(F)c3C2=O)C(=O)N1. The molecule has 14 heteroatoms. The monoisotopic (exact) mass is 573 g/mol. The highest BCUT2D eigenvalue weighted by atomic mass is 19.4. The number of hydrogen-bond donors (Lipinski definition) is 2. The van der Waals surface area contributed by atoms with Crippen molar-refractivity contribution in [1.29, 1.82) is 0 Å². The molecule has 0 bridgehead atoms. The molecule has 1 atom stereocenters. The Morgan fingerprint density at radius 2 is 1.88 bits per heavy atom. The molecule has 0 unspecified atom stereocenters. The van der Waals surface area contributed by atoms with E-state index in [2.05, 4.69) is 15.6 Å². The predicted octanol–water partition coefficient (Wildman–Crippen LogP) is 3.59. The van der Waals surface area contributed by atoms with E-state index in [1.165, 1.54) is 23.1 Å². The van der Waals surface area contributed by atoms with Gasteiger partial charge in [-0.2, -0.15) is 13.2 Å². The van der Waals surface area contributed by atoms with Gasteiger partial charge in [-0.15, -0.1) is 0 Å². The number of nitrogens with zero attached hydrogens (tertiary/aromatic N) is 3. The molecule has 10 nitrogen and oxygen atoms in total. The average Bonchev–Trinajstić information content (AvgIpc) is 3.44. The third-order valence-corrected chi connectivity index (χ3v) is 7.69. The van der Waals surface area contributed by atoms with E-state index in [4.69, 9.17) is 4.74 Å². The molecule has 2 aliphatic heterocycles. The number of hydrogen-bond acceptors (Lipinski definition) is 6. The molecule has 0 spiro atoms. The van der Waals surface area contributed by atoms with Crippen LogP contribution in [0.25, 0.3) is 11.0 Å². The van der Waals surface area contributed by atoms with Gasteiger partial charge in [0.05, 0.1) is 16.6 Å². The second-order valence-electron chi connectivity index (χ2n) is 10.3. The number of imidazole rings is 1. The molecule has 2 N–H and O–H groups in total. The van der Waals surface area contributed by atoms with Crippen molar-refractivity contribution in [2.45, 2.75) is 63.1 Å². The number of carbonyl (C=O) groups is 4. The van der Waals surface area contributed by atoms with Crippen molar-refractivity contribution in [3.05, 3.63) is 64.7 Å². The van der Waals surface area contributed by atoms with E-state index in [0.29, 0.717) is 11.1 Å². The number of benzene rings is 2. The molecule has 2 aromatic carbocycles. The Kier molecular flexibility index (Phi) is 6.42. The third kappa shape index (κ3) is 4.76. The van der Waals surface area contributed by atoms with E-state index in [0.717, 1.165) is 4.57 Å². The summed E-state index contributed by atoms with van der Waals surface area (Å²) in [5.74, 6) is -3.56. The molecule has 6 rings (SSSR count). The summed E-state index contributed by atoms with van der Waals surface area (Å²) in [6.45, 7) is -0.289. The maximum absolute atomic E-state index is 15.3. The summed E-state index contributed by atoms with van der Waals surface area (Å²) in [7, 11) is 0. The summed E-state index contributed by atoms with van der Waals surface area (Å²) >= 11 is 0. The number of amides is 4. The lowest BCUT2D eigenvalue weighted by atomic mass is 9.88. The first-order valence-electron chi connectivity index (χ1n) is 12.9. The minimum absolute atomic E-state index is 0.0121. The molecule has 3 heterocycles. The highest BCUT2D eigenvalue weighted by Gasteiger charge is 2.44. The molecule has 3 aliphatic rings. The highest BCUT2D eigenvalue weighted by molar-refractivity contribution is 6.05. The number of alkyl halides is 3. The third-order valence-electron chi connectivity index (χ3n) is 7.69. The molecule has 0 radical (unpaired) electrons. The highest BCUT2D eigenvalue weighted by Crippen LogP contribution is 2.41. The van der Waals surface area contributed by atoms with Crippen LogP contribution in [0.5, 0.6) is 0 Å². The van der Waals surface area contributed by atoms with Crippen LogP contribution in [-0.2, 0) is 33.6 Å². The number of nitrogens with one attached hydrogen (secondary N) is 2. The first-order chi connectivity index (χ1) is 19.5. The number of aromatic nitrogens is 2. The zero-order valence-electron chi connectivity index (χ0n) is 21.3. The van der Waals surface area contributed by atoms with Gasteiger partial charge in [0.15, 0.2) is 0 Å². The summed E-state index contributed by atoms with van der Waals surface area (Å²) in [5, 5.41) is 4.60. The Bertz CT molecular complexity index is 1600. The molecular formula is C27H23F4N5O5. The van der Waals surface area contributed by atoms with E-state index < -0.39 is 59.8 Å². The number of ether oxygens (including phenoxy) is 1. The number of piperidine rings is 1. The topological polar surface area (TPSA) is 123 Å². The van der Waals surface area contributed by atoms with Crippen molar-refractivity contribution in [3.8, 4) is 0 Å². The van der Waals surface area contributed by atoms with E-state index >= 15 is 4.39 Å². The van der Waals surface area contributed by atoms with E-state index in [1.807, 2.05) is 0 Å². The Balaban J connectivity index is 1.06. The zero-order chi connectivity index (χ0) is 29.1. The van der Waals surface area contributed by atoms with Crippen LogP contribution in [0.4, 0.5) is 22.4 Å². The number of para-hydroxylation sites is 2. The lowest BCUT2D eigenvalue weighted by Crippen LogP contribution is -2.52. The molecule has 1 saturated carbocycles. The molecule has 1 aliphatic carbocycles. The van der Waals surface area contributed by atoms with Gasteiger partial charge < -0.3 is 19.5 Å². The van der Waals surface area contributed by atoms with Gasteiger partial charge in [-0.05, 0) is 24.1 Å². The Labute approximate surface area is 229 Å². The summed E-state index contributed by atoms with van der Waals surface area (Å²) < 4.78 is 62.5. The summed E-state index contributed by atoms with van der Waals surface area (Å²) in [6, 6.07) is 7.78. The van der Waals surface area contributed by atoms with Crippen molar-refractivity contribution < 1.29 is 41.5 Å². The quantitative estimate of drug-likeness (QED) is 0.356. The number of halogens is 4. The summed E-state index contributed by atoms with van der Waals surface area (Å²) in [6.07, 6.45) is -5.66. The molecule has 41 heavy (non-hydrogen) atoms. The van der Waals surface area contributed by atoms with Crippen LogP contribution in [0.15, 0.2) is 36.4 Å². The van der Waals surface area contributed by atoms with Crippen LogP contribution in [0.2, 0.25) is 0 Å². The lowest BCUT2D eigenvalue weighted by Gasteiger charge is -2.36. The van der Waals surface area contributed by atoms with Crippen LogP contribution in [0.3, 0.4) is 0 Å². The van der Waals surface area contributed by atoms with Crippen LogP contribution in [0, 0.1) is 5.82 Å². The van der Waals surface area contributed by atoms with Crippen molar-refractivity contribution in [1.82, 2.24) is 25.1 Å². The van der Waals surface area contributed by atoms with Crippen molar-refractivity contribution in [2.75, 3.05) is 0 Å². The number of fused-ring (bicyclic) bond motifs is 2. The number of alkyl carbamates (subject to hydrolysis) is 1. The molecule has 2 fully saturated rings. The average molecular weight is 574 g/mol. The Morgan fingerprint density at radius 3 is 2.61 bits per heavy atom. The second kappa shape index (κ2) is 9.85. The van der Waals surface area contributed by atoms with Gasteiger partial charge in [0.25, 0.3) is 5.91 Å². The molecule has 1 aromatic heterocycles. The first-order valence-corrected chi connectivity index (χ1v) is 12.9. The van der Waals surface area contributed by atoms with E-state index in [1.54, 1.807) is 18.2 Å². The van der Waals surface area contributed by atoms with Gasteiger partial charge in [0.2, 0.25) is 17.6 Å². The number of carbonyl (C=O) groups excluding carboxylic acids is 4. The Hall–Kier alpha value is -4.49. The normalized spacial score (nSPS) is 22.4. The molecule has 214 valence electrons. The maximum Gasteiger partial charge on any atom is 0.449 e. The molecule has 3 aromatic rings. The standard InChI is InChI=1S/C27H23F4N5O5/c28-22-13(5-6-14-12-35(24(39)21(14)22)19-7-8-20(37)34-23(19)38)11-32-26(40)41-16-9-15(10-16)36-18-4-2-1-3-17(18)33-25(36)27(29,30)31/h1-6,15-16,19H,7-12H2,(H,32,40)(H,34,37,38)/t15?,16?,19-/m0/s1. The molecule has 4 amide bonds. The molecular weight excluding hydrogens is 550 g/mol. The lowest BCUT2D eigenvalue weighted by molar-refractivity contribution is -0.149. The summed E-state index contributed by atoms with van der Waals surface area (Å²) in [5.41, 5.74) is 0.763. The Morgan fingerprint density at radius 1 is 1.12 bits per heavy atom. The van der Waals surface area contributed by atoms with Gasteiger partial charge in [-0.3, -0.25) is 19.7 Å². The van der Waals surface area contributed by atoms with E-state index in [-0.39, 0.29) is 55.4 Å². The first kappa shape index (κ1) is 26.7. The van der Waals surface area contributed by atoms with Gasteiger partial charge >= 0.3 is 12.3 Å².